The van der Waals surface area contributed by atoms with E-state index in [1.165, 1.54) is 12.1 Å². The number of nitrogens with zero attached hydrogens (tertiary/aromatic N) is 1. The van der Waals surface area contributed by atoms with E-state index in [-0.39, 0.29) is 11.4 Å². The maximum absolute atomic E-state index is 10.8. The molecule has 0 aliphatic heterocycles. The van der Waals surface area contributed by atoms with Crippen molar-refractivity contribution < 1.29 is 9.66 Å². The predicted molar refractivity (Wildman–Crippen MR) is 77.8 cm³/mol. The molecule has 0 amide bonds. The van der Waals surface area contributed by atoms with Crippen molar-refractivity contribution in [1.29, 1.82) is 0 Å². The zero-order valence-electron chi connectivity index (χ0n) is 11.0. The fraction of sp³-hybridized carbons (Fsp3) is 0.143. The molecule has 0 heterocycles. The summed E-state index contributed by atoms with van der Waals surface area (Å²) in [5.74, 6) is 0.789. The average molecular weight is 273 g/mol. The van der Waals surface area contributed by atoms with E-state index in [1.54, 1.807) is 13.2 Å². The molecule has 0 saturated heterocycles. The second-order valence-corrected chi connectivity index (χ2v) is 4.23. The van der Waals surface area contributed by atoms with Gasteiger partial charge in [0, 0.05) is 18.3 Å². The Hall–Kier alpha value is -2.76. The third kappa shape index (κ3) is 3.17. The van der Waals surface area contributed by atoms with E-state index in [1.807, 2.05) is 24.3 Å². The quantitative estimate of drug-likeness (QED) is 0.496. The standard InChI is InChI=1S/C14H15N3O3/c1-20-12-5-2-10(3-6-12)9-16-11-4-7-13(15)14(8-11)17(18)19/h2-8,16H,9,15H2,1H3. The molecular weight excluding hydrogens is 258 g/mol. The van der Waals surface area contributed by atoms with Crippen LogP contribution < -0.4 is 15.8 Å². The van der Waals surface area contributed by atoms with Gasteiger partial charge in [-0.1, -0.05) is 12.1 Å². The molecular formula is C14H15N3O3. The molecule has 0 aliphatic carbocycles. The molecule has 0 unspecified atom stereocenters. The third-order valence-electron chi connectivity index (χ3n) is 2.88. The minimum Gasteiger partial charge on any atom is -0.497 e. The topological polar surface area (TPSA) is 90.4 Å². The number of hydrogen-bond donors (Lipinski definition) is 2. The van der Waals surface area contributed by atoms with Gasteiger partial charge in [0.1, 0.15) is 11.4 Å². The highest BCUT2D eigenvalue weighted by Gasteiger charge is 2.11. The summed E-state index contributed by atoms with van der Waals surface area (Å²) < 4.78 is 5.08. The van der Waals surface area contributed by atoms with Crippen LogP contribution in [0, 0.1) is 10.1 Å². The molecule has 0 fully saturated rings. The first-order chi connectivity index (χ1) is 9.60. The number of methoxy groups -OCH3 is 1. The summed E-state index contributed by atoms with van der Waals surface area (Å²) in [6, 6.07) is 12.2. The van der Waals surface area contributed by atoms with Crippen LogP contribution in [0.3, 0.4) is 0 Å². The van der Waals surface area contributed by atoms with Crippen LogP contribution in [0.25, 0.3) is 0 Å². The molecule has 0 atom stereocenters. The number of nitrogens with one attached hydrogen (secondary N) is 1. The highest BCUT2D eigenvalue weighted by molar-refractivity contribution is 5.65. The number of rotatable bonds is 5. The minimum atomic E-state index is -0.492. The maximum atomic E-state index is 10.8. The maximum Gasteiger partial charge on any atom is 0.294 e. The first-order valence-electron chi connectivity index (χ1n) is 6.01. The van der Waals surface area contributed by atoms with E-state index in [0.717, 1.165) is 11.3 Å². The highest BCUT2D eigenvalue weighted by atomic mass is 16.6. The molecule has 0 aliphatic rings. The third-order valence-corrected chi connectivity index (χ3v) is 2.88. The minimum absolute atomic E-state index is 0.0928. The Labute approximate surface area is 116 Å². The predicted octanol–water partition coefficient (Wildman–Crippen LogP) is 2.80. The Kier molecular flexibility index (Phi) is 4.05. The first kappa shape index (κ1) is 13.7. The molecule has 2 rings (SSSR count). The van der Waals surface area contributed by atoms with Crippen LogP contribution >= 0.6 is 0 Å². The zero-order chi connectivity index (χ0) is 14.5. The Bertz CT molecular complexity index is 612. The van der Waals surface area contributed by atoms with Crippen molar-refractivity contribution in [2.24, 2.45) is 0 Å². The SMILES string of the molecule is COc1ccc(CNc2ccc(N)c([N+](=O)[O-])c2)cc1. The molecule has 6 nitrogen and oxygen atoms in total. The van der Waals surface area contributed by atoms with Crippen molar-refractivity contribution in [3.63, 3.8) is 0 Å². The smallest absolute Gasteiger partial charge is 0.294 e. The van der Waals surface area contributed by atoms with Crippen molar-refractivity contribution in [3.05, 3.63) is 58.1 Å². The lowest BCUT2D eigenvalue weighted by atomic mass is 10.2. The van der Waals surface area contributed by atoms with Gasteiger partial charge in [0.15, 0.2) is 0 Å². The monoisotopic (exact) mass is 273 g/mol. The van der Waals surface area contributed by atoms with Crippen molar-refractivity contribution in [2.45, 2.75) is 6.54 Å². The normalized spacial score (nSPS) is 10.1. The van der Waals surface area contributed by atoms with E-state index in [0.29, 0.717) is 12.2 Å². The molecule has 0 bridgehead atoms. The number of nitrogen functional groups attached to an aromatic ring is 1. The van der Waals surface area contributed by atoms with Gasteiger partial charge < -0.3 is 15.8 Å². The zero-order valence-corrected chi connectivity index (χ0v) is 11.0. The van der Waals surface area contributed by atoms with Gasteiger partial charge in [-0.2, -0.15) is 0 Å². The molecule has 104 valence electrons. The van der Waals surface area contributed by atoms with Gasteiger partial charge in [0.2, 0.25) is 0 Å². The Morgan fingerprint density at radius 3 is 2.55 bits per heavy atom. The van der Waals surface area contributed by atoms with Gasteiger partial charge in [-0.3, -0.25) is 10.1 Å². The molecule has 0 aromatic heterocycles. The summed E-state index contributed by atoms with van der Waals surface area (Å²) in [6.45, 7) is 0.561. The van der Waals surface area contributed by atoms with Gasteiger partial charge in [-0.15, -0.1) is 0 Å². The van der Waals surface area contributed by atoms with Gasteiger partial charge in [0.25, 0.3) is 5.69 Å². The first-order valence-corrected chi connectivity index (χ1v) is 6.01. The van der Waals surface area contributed by atoms with Crippen molar-refractivity contribution in [2.75, 3.05) is 18.2 Å². The number of nitro benzene ring substituents is 1. The van der Waals surface area contributed by atoms with Crippen molar-refractivity contribution in [1.82, 2.24) is 0 Å². The van der Waals surface area contributed by atoms with E-state index < -0.39 is 4.92 Å². The van der Waals surface area contributed by atoms with Gasteiger partial charge >= 0.3 is 0 Å². The lowest BCUT2D eigenvalue weighted by Gasteiger charge is -2.08. The van der Waals surface area contributed by atoms with Crippen molar-refractivity contribution >= 4 is 17.1 Å². The summed E-state index contributed by atoms with van der Waals surface area (Å²) in [7, 11) is 1.61. The molecule has 2 aromatic rings. The summed E-state index contributed by atoms with van der Waals surface area (Å²) >= 11 is 0. The van der Waals surface area contributed by atoms with Crippen LogP contribution in [0.2, 0.25) is 0 Å². The molecule has 2 aromatic carbocycles. The van der Waals surface area contributed by atoms with Gasteiger partial charge in [-0.05, 0) is 29.8 Å². The van der Waals surface area contributed by atoms with Crippen LogP contribution in [0.1, 0.15) is 5.56 Å². The van der Waals surface area contributed by atoms with E-state index in [2.05, 4.69) is 5.32 Å². The van der Waals surface area contributed by atoms with Crippen LogP contribution in [-0.4, -0.2) is 12.0 Å². The average Bonchev–Trinajstić information content (AvgIpc) is 2.46. The lowest BCUT2D eigenvalue weighted by Crippen LogP contribution is -2.01. The Balaban J connectivity index is 2.06. The fourth-order valence-electron chi connectivity index (χ4n) is 1.76. The molecule has 0 spiro atoms. The van der Waals surface area contributed by atoms with Crippen LogP contribution in [0.4, 0.5) is 17.1 Å². The number of benzene rings is 2. The van der Waals surface area contributed by atoms with Crippen LogP contribution in [0.5, 0.6) is 5.75 Å². The number of nitro groups is 1. The summed E-state index contributed by atoms with van der Waals surface area (Å²) in [4.78, 5) is 10.3. The van der Waals surface area contributed by atoms with E-state index in [4.69, 9.17) is 10.5 Å². The van der Waals surface area contributed by atoms with Crippen LogP contribution in [0.15, 0.2) is 42.5 Å². The summed E-state index contributed by atoms with van der Waals surface area (Å²) in [5.41, 5.74) is 7.31. The van der Waals surface area contributed by atoms with Crippen molar-refractivity contribution in [3.8, 4) is 5.75 Å². The number of anilines is 2. The number of nitrogens with two attached hydrogens (primary N) is 1. The number of ether oxygens (including phenoxy) is 1. The highest BCUT2D eigenvalue weighted by Crippen LogP contribution is 2.25. The van der Waals surface area contributed by atoms with Crippen LogP contribution in [-0.2, 0) is 6.54 Å². The molecule has 0 saturated carbocycles. The second kappa shape index (κ2) is 5.92. The van der Waals surface area contributed by atoms with E-state index in [9.17, 15) is 10.1 Å². The lowest BCUT2D eigenvalue weighted by molar-refractivity contribution is -0.383. The van der Waals surface area contributed by atoms with Gasteiger partial charge in [-0.25, -0.2) is 0 Å². The fourth-order valence-corrected chi connectivity index (χ4v) is 1.76. The Morgan fingerprint density at radius 1 is 1.25 bits per heavy atom. The largest absolute Gasteiger partial charge is 0.497 e. The molecule has 0 radical (unpaired) electrons. The molecule has 20 heavy (non-hydrogen) atoms. The summed E-state index contributed by atoms with van der Waals surface area (Å²) in [5, 5.41) is 13.9. The summed E-state index contributed by atoms with van der Waals surface area (Å²) in [6.07, 6.45) is 0. The van der Waals surface area contributed by atoms with Gasteiger partial charge in [0.05, 0.1) is 12.0 Å². The van der Waals surface area contributed by atoms with E-state index >= 15 is 0 Å². The number of hydrogen-bond acceptors (Lipinski definition) is 5. The second-order valence-electron chi connectivity index (χ2n) is 4.23. The molecule has 3 N–H and O–H groups in total. The molecule has 6 heteroatoms. The Morgan fingerprint density at radius 2 is 1.95 bits per heavy atom.